The number of nitrogens with one attached hydrogen (secondary N) is 3. The van der Waals surface area contributed by atoms with Crippen LogP contribution < -0.4 is 16.2 Å². The lowest BCUT2D eigenvalue weighted by Gasteiger charge is -2.24. The summed E-state index contributed by atoms with van der Waals surface area (Å²) in [5.74, 6) is 0.145. The molecule has 0 bridgehead atoms. The van der Waals surface area contributed by atoms with Crippen LogP contribution in [0, 0.1) is 6.92 Å². The van der Waals surface area contributed by atoms with Gasteiger partial charge in [0.25, 0.3) is 5.56 Å². The molecule has 3 N–H and O–H groups in total. The number of nitrogens with zero attached hydrogens (tertiary/aromatic N) is 2. The molecule has 7 heteroatoms. The fourth-order valence-corrected chi connectivity index (χ4v) is 2.06. The third-order valence-electron chi connectivity index (χ3n) is 2.97. The van der Waals surface area contributed by atoms with E-state index in [1.807, 2.05) is 12.2 Å². The van der Waals surface area contributed by atoms with E-state index >= 15 is 0 Å². The smallest absolute Gasteiger partial charge is 0.321 e. The van der Waals surface area contributed by atoms with Gasteiger partial charge in [0.05, 0.1) is 0 Å². The first kappa shape index (κ1) is 15.0. The summed E-state index contributed by atoms with van der Waals surface area (Å²) in [7, 11) is 0. The van der Waals surface area contributed by atoms with Gasteiger partial charge in [-0.2, -0.15) is 4.98 Å². The number of anilines is 1. The molecule has 21 heavy (non-hydrogen) atoms. The van der Waals surface area contributed by atoms with Crippen molar-refractivity contribution in [1.82, 2.24) is 20.2 Å². The van der Waals surface area contributed by atoms with Crippen molar-refractivity contribution in [3.8, 4) is 0 Å². The number of rotatable bonds is 4. The molecule has 0 fully saturated rings. The number of aromatic amines is 1. The lowest BCUT2D eigenvalue weighted by atomic mass is 10.2. The maximum absolute atomic E-state index is 11.7. The highest BCUT2D eigenvalue weighted by Crippen LogP contribution is 2.04. The largest absolute Gasteiger partial charge is 0.337 e. The highest BCUT2D eigenvalue weighted by molar-refractivity contribution is 5.87. The van der Waals surface area contributed by atoms with E-state index in [1.54, 1.807) is 6.92 Å². The van der Waals surface area contributed by atoms with Crippen molar-refractivity contribution in [2.45, 2.75) is 6.92 Å². The predicted octanol–water partition coefficient (Wildman–Crippen LogP) is 0.628. The van der Waals surface area contributed by atoms with E-state index in [2.05, 4.69) is 32.1 Å². The van der Waals surface area contributed by atoms with E-state index in [1.165, 1.54) is 6.07 Å². The second-order valence-corrected chi connectivity index (χ2v) is 4.93. The van der Waals surface area contributed by atoms with Crippen LogP contribution >= 0.6 is 0 Å². The summed E-state index contributed by atoms with van der Waals surface area (Å²) < 4.78 is 0. The van der Waals surface area contributed by atoms with E-state index in [4.69, 9.17) is 0 Å². The van der Waals surface area contributed by atoms with Gasteiger partial charge in [-0.25, -0.2) is 4.79 Å². The minimum atomic E-state index is -0.393. The van der Waals surface area contributed by atoms with E-state index in [9.17, 15) is 9.59 Å². The molecule has 7 nitrogen and oxygen atoms in total. The number of urea groups is 1. The molecular formula is C14H19N5O2. The first-order valence-corrected chi connectivity index (χ1v) is 6.72. The maximum atomic E-state index is 11.7. The van der Waals surface area contributed by atoms with Crippen LogP contribution in [0.5, 0.6) is 0 Å². The van der Waals surface area contributed by atoms with Crippen molar-refractivity contribution in [2.24, 2.45) is 0 Å². The van der Waals surface area contributed by atoms with Crippen LogP contribution in [0.15, 0.2) is 35.2 Å². The Morgan fingerprint density at radius 1 is 1.57 bits per heavy atom. The quantitative estimate of drug-likeness (QED) is 0.758. The first-order chi connectivity index (χ1) is 10.0. The van der Waals surface area contributed by atoms with Gasteiger partial charge in [0.1, 0.15) is 0 Å². The van der Waals surface area contributed by atoms with Crippen molar-refractivity contribution in [3.63, 3.8) is 0 Å². The zero-order valence-corrected chi connectivity index (χ0v) is 12.0. The molecule has 1 aromatic heterocycles. The number of hydrogen-bond donors (Lipinski definition) is 3. The SMILES string of the molecule is C=C1C=CCN(CCNC(=O)Nc2nc(=O)cc(C)[nH]2)C1. The maximum Gasteiger partial charge on any atom is 0.321 e. The van der Waals surface area contributed by atoms with Crippen LogP contribution in [-0.4, -0.2) is 47.1 Å². The topological polar surface area (TPSA) is 90.1 Å². The summed E-state index contributed by atoms with van der Waals surface area (Å²) in [6.07, 6.45) is 4.06. The summed E-state index contributed by atoms with van der Waals surface area (Å²) in [4.78, 5) is 31.6. The van der Waals surface area contributed by atoms with Gasteiger partial charge < -0.3 is 10.3 Å². The van der Waals surface area contributed by atoms with Crippen molar-refractivity contribution >= 4 is 12.0 Å². The monoisotopic (exact) mass is 289 g/mol. The van der Waals surface area contributed by atoms with Gasteiger partial charge in [-0.3, -0.25) is 15.0 Å². The molecule has 0 unspecified atom stereocenters. The summed E-state index contributed by atoms with van der Waals surface area (Å²) in [6, 6.07) is 0.968. The van der Waals surface area contributed by atoms with Gasteiger partial charge in [0.2, 0.25) is 5.95 Å². The Balaban J connectivity index is 1.76. The Morgan fingerprint density at radius 2 is 2.38 bits per heavy atom. The Kier molecular flexibility index (Phi) is 4.89. The number of aromatic nitrogens is 2. The molecular weight excluding hydrogens is 270 g/mol. The van der Waals surface area contributed by atoms with Gasteiger partial charge in [0, 0.05) is 37.9 Å². The molecule has 0 saturated carbocycles. The Hall–Kier alpha value is -2.41. The number of aryl methyl sites for hydroxylation is 1. The van der Waals surface area contributed by atoms with Crippen LogP contribution in [0.25, 0.3) is 0 Å². The molecule has 1 aliphatic heterocycles. The second-order valence-electron chi connectivity index (χ2n) is 4.93. The fourth-order valence-electron chi connectivity index (χ4n) is 2.06. The van der Waals surface area contributed by atoms with Crippen molar-refractivity contribution in [3.05, 3.63) is 46.4 Å². The van der Waals surface area contributed by atoms with Gasteiger partial charge in [-0.05, 0) is 12.5 Å². The molecule has 0 atom stereocenters. The molecule has 2 rings (SSSR count). The first-order valence-electron chi connectivity index (χ1n) is 6.72. The fraction of sp³-hybridized carbons (Fsp3) is 0.357. The highest BCUT2D eigenvalue weighted by Gasteiger charge is 2.09. The summed E-state index contributed by atoms with van der Waals surface area (Å²) >= 11 is 0. The lowest BCUT2D eigenvalue weighted by molar-refractivity contribution is 0.248. The number of carbonyl (C=O) groups is 1. The molecule has 2 amide bonds. The molecule has 2 heterocycles. The number of carbonyl (C=O) groups excluding carboxylic acids is 1. The highest BCUT2D eigenvalue weighted by atomic mass is 16.2. The zero-order valence-electron chi connectivity index (χ0n) is 12.0. The number of amides is 2. The molecule has 112 valence electrons. The minimum absolute atomic E-state index is 0.145. The lowest BCUT2D eigenvalue weighted by Crippen LogP contribution is -2.39. The Bertz CT molecular complexity index is 620. The average molecular weight is 289 g/mol. The van der Waals surface area contributed by atoms with E-state index < -0.39 is 6.03 Å². The van der Waals surface area contributed by atoms with Crippen LogP contribution in [0.3, 0.4) is 0 Å². The molecule has 1 aliphatic rings. The third-order valence-corrected chi connectivity index (χ3v) is 2.97. The Labute approximate surface area is 122 Å². The molecule has 0 spiro atoms. The van der Waals surface area contributed by atoms with E-state index in [0.29, 0.717) is 12.2 Å². The van der Waals surface area contributed by atoms with E-state index in [0.717, 1.165) is 25.2 Å². The molecule has 0 aliphatic carbocycles. The van der Waals surface area contributed by atoms with Crippen molar-refractivity contribution in [1.29, 1.82) is 0 Å². The zero-order chi connectivity index (χ0) is 15.2. The molecule has 1 aromatic rings. The minimum Gasteiger partial charge on any atom is -0.337 e. The predicted molar refractivity (Wildman–Crippen MR) is 81.3 cm³/mol. The average Bonchev–Trinajstić information content (AvgIpc) is 2.37. The van der Waals surface area contributed by atoms with Crippen LogP contribution in [0.2, 0.25) is 0 Å². The van der Waals surface area contributed by atoms with Gasteiger partial charge >= 0.3 is 6.03 Å². The molecule has 0 aromatic carbocycles. The van der Waals surface area contributed by atoms with Crippen LogP contribution in [0.4, 0.5) is 10.7 Å². The van der Waals surface area contributed by atoms with Crippen molar-refractivity contribution < 1.29 is 4.79 Å². The summed E-state index contributed by atoms with van der Waals surface area (Å²) in [5, 5.41) is 5.23. The number of H-pyrrole nitrogens is 1. The van der Waals surface area contributed by atoms with E-state index in [-0.39, 0.29) is 11.5 Å². The van der Waals surface area contributed by atoms with Crippen LogP contribution in [-0.2, 0) is 0 Å². The normalized spacial score (nSPS) is 15.0. The Morgan fingerprint density at radius 3 is 3.10 bits per heavy atom. The summed E-state index contributed by atoms with van der Waals surface area (Å²) in [6.45, 7) is 8.54. The van der Waals surface area contributed by atoms with Gasteiger partial charge in [-0.15, -0.1) is 0 Å². The third kappa shape index (κ3) is 4.88. The number of hydrogen-bond acceptors (Lipinski definition) is 4. The standard InChI is InChI=1S/C14H19N5O2/c1-10-4-3-6-19(9-10)7-5-15-14(21)18-13-16-11(2)8-12(20)17-13/h3-4,8H,1,5-7,9H2,2H3,(H3,15,16,17,18,20,21). The summed E-state index contributed by atoms with van der Waals surface area (Å²) in [5.41, 5.74) is 1.32. The van der Waals surface area contributed by atoms with Crippen molar-refractivity contribution in [2.75, 3.05) is 31.5 Å². The van der Waals surface area contributed by atoms with Crippen LogP contribution in [0.1, 0.15) is 5.69 Å². The van der Waals surface area contributed by atoms with Gasteiger partial charge in [-0.1, -0.05) is 18.7 Å². The second kappa shape index (κ2) is 6.85. The van der Waals surface area contributed by atoms with Gasteiger partial charge in [0.15, 0.2) is 0 Å². The molecule has 0 saturated heterocycles. The molecule has 0 radical (unpaired) electrons.